The Morgan fingerprint density at radius 1 is 0.260 bits per heavy atom. The molecule has 10 aromatic heterocycles. The first-order chi connectivity index (χ1) is 70.1. The van der Waals surface area contributed by atoms with Crippen LogP contribution in [-0.2, 0) is 20.3 Å². The lowest BCUT2D eigenvalue weighted by Crippen LogP contribution is -2.23. The summed E-state index contributed by atoms with van der Waals surface area (Å²) in [5, 5.41) is 14.7. The minimum absolute atomic E-state index is 0.0775. The Balaban J connectivity index is 0.000000125. The van der Waals surface area contributed by atoms with Crippen LogP contribution in [-0.4, -0.2) is 49.8 Å². The summed E-state index contributed by atoms with van der Waals surface area (Å²) >= 11 is 6.86. The molecule has 0 fully saturated rings. The van der Waals surface area contributed by atoms with E-state index in [-0.39, 0.29) is 33.3 Å². The number of anilines is 6. The number of rotatable bonds is 10. The number of pyridine rings is 10. The van der Waals surface area contributed by atoms with Crippen LogP contribution in [0.15, 0.2) is 383 Å². The van der Waals surface area contributed by atoms with E-state index in [2.05, 4.69) is 296 Å². The minimum atomic E-state index is -0.292. The predicted octanol–water partition coefficient (Wildman–Crippen LogP) is 32.4. The number of fused-ring (bicyclic) bond motifs is 10. The molecule has 0 radical (unpaired) electrons. The SMILES string of the molecule is CC(C)(C)C1=CN(c2ccc3ccc4cccnc4c3n2)/C(=C2\OC(C(C)(C)C)=CN2c2ccc3ccc4cccnc4c3n2)O1.CC1=C(c2ccc(C(C)(C)C)cc2)S/C(=C2/SC(c3ccc(C(C)(C)C)cc3)=C(C)N2c2cc3cc(C)ccc3cn2)N1c1cc2cc(C)ccc2cn1.CC1=C(c2ccc(F)cc2)S/C(=C2/SC(c3ccc(F)cc3)=C(C)N2c2ccc3cccnc3n2)N1c1ccc2cccnc2n1. The van der Waals surface area contributed by atoms with Gasteiger partial charge >= 0.3 is 0 Å². The summed E-state index contributed by atoms with van der Waals surface area (Å²) in [6.45, 7) is 39.3. The highest BCUT2D eigenvalue weighted by molar-refractivity contribution is 8.16. The molecule has 18 nitrogen and oxygen atoms in total. The van der Waals surface area contributed by atoms with Gasteiger partial charge in [0.15, 0.2) is 11.3 Å². The summed E-state index contributed by atoms with van der Waals surface area (Å²) < 4.78 is 41.4. The molecule has 0 aliphatic carbocycles. The number of nitrogens with zero attached hydrogens (tertiary/aromatic N) is 16. The van der Waals surface area contributed by atoms with Crippen LogP contribution in [0.5, 0.6) is 0 Å². The van der Waals surface area contributed by atoms with Gasteiger partial charge in [0.2, 0.25) is 0 Å². The molecular formula is C122H106F2N16O2S4. The molecule has 18 aromatic rings. The molecule has 6 aliphatic heterocycles. The van der Waals surface area contributed by atoms with Gasteiger partial charge in [0.1, 0.15) is 78.2 Å². The van der Waals surface area contributed by atoms with E-state index >= 15 is 0 Å². The second-order valence-electron chi connectivity index (χ2n) is 41.3. The summed E-state index contributed by atoms with van der Waals surface area (Å²) in [4.78, 5) is 66.3. The van der Waals surface area contributed by atoms with Crippen LogP contribution in [0.25, 0.3) is 107 Å². The van der Waals surface area contributed by atoms with Crippen LogP contribution >= 0.6 is 47.0 Å². The van der Waals surface area contributed by atoms with E-state index in [9.17, 15) is 8.78 Å². The Labute approximate surface area is 865 Å². The van der Waals surface area contributed by atoms with Crippen molar-refractivity contribution in [2.75, 3.05) is 29.4 Å². The van der Waals surface area contributed by atoms with Crippen molar-refractivity contribution >= 4 is 189 Å². The Kier molecular flexibility index (Phi) is 24.6. The number of aryl methyl sites for hydroxylation is 2. The van der Waals surface area contributed by atoms with E-state index in [1.807, 2.05) is 145 Å². The highest BCUT2D eigenvalue weighted by Gasteiger charge is 2.44. The molecule has 6 aliphatic rings. The zero-order valence-electron chi connectivity index (χ0n) is 84.4. The van der Waals surface area contributed by atoms with Gasteiger partial charge in [0.25, 0.3) is 11.8 Å². The summed E-state index contributed by atoms with van der Waals surface area (Å²) in [5.74, 6) is 6.65. The number of aromatic nitrogens is 10. The fourth-order valence-electron chi connectivity index (χ4n) is 18.7. The van der Waals surface area contributed by atoms with Crippen molar-refractivity contribution < 1.29 is 18.3 Å². The second-order valence-corrected chi connectivity index (χ2v) is 45.3. The van der Waals surface area contributed by atoms with E-state index < -0.39 is 0 Å². The fourth-order valence-corrected chi connectivity index (χ4v) is 23.9. The molecule has 24 rings (SSSR count). The smallest absolute Gasteiger partial charge is 0.268 e. The Morgan fingerprint density at radius 2 is 0.555 bits per heavy atom. The van der Waals surface area contributed by atoms with Crippen LogP contribution in [0.1, 0.15) is 155 Å². The molecule has 8 aromatic carbocycles. The lowest BCUT2D eigenvalue weighted by Gasteiger charge is -2.27. The first kappa shape index (κ1) is 95.5. The third-order valence-corrected chi connectivity index (χ3v) is 32.2. The third kappa shape index (κ3) is 18.3. The minimum Gasteiger partial charge on any atom is -0.438 e. The quantitative estimate of drug-likeness (QED) is 0.119. The predicted molar refractivity (Wildman–Crippen MR) is 603 cm³/mol. The van der Waals surface area contributed by atoms with Crippen molar-refractivity contribution in [3.8, 4) is 0 Å². The van der Waals surface area contributed by atoms with Gasteiger partial charge < -0.3 is 9.47 Å². The monoisotopic (exact) mass is 1990 g/mol. The molecule has 16 heterocycles. The van der Waals surface area contributed by atoms with Crippen molar-refractivity contribution in [3.63, 3.8) is 0 Å². The van der Waals surface area contributed by atoms with Gasteiger partial charge in [0, 0.05) is 134 Å². The molecule has 0 spiro atoms. The third-order valence-electron chi connectivity index (χ3n) is 26.7. The van der Waals surface area contributed by atoms with Gasteiger partial charge in [-0.25, -0.2) is 48.7 Å². The van der Waals surface area contributed by atoms with Crippen molar-refractivity contribution in [1.29, 1.82) is 0 Å². The average Bonchev–Trinajstić information content (AvgIpc) is 1.58. The topological polar surface area (TPSA) is 167 Å². The van der Waals surface area contributed by atoms with Crippen LogP contribution in [0, 0.1) is 36.3 Å². The first-order valence-corrected chi connectivity index (χ1v) is 52.0. The van der Waals surface area contributed by atoms with Gasteiger partial charge in [-0.2, -0.15) is 0 Å². The van der Waals surface area contributed by atoms with Gasteiger partial charge in [-0.3, -0.25) is 39.4 Å². The number of halogens is 2. The molecule has 0 saturated carbocycles. The zero-order valence-corrected chi connectivity index (χ0v) is 87.6. The molecule has 0 N–H and O–H groups in total. The van der Waals surface area contributed by atoms with Crippen molar-refractivity contribution in [2.45, 2.75) is 135 Å². The van der Waals surface area contributed by atoms with E-state index in [1.54, 1.807) is 72.6 Å². The van der Waals surface area contributed by atoms with E-state index in [4.69, 9.17) is 39.4 Å². The number of benzene rings is 8. The summed E-state index contributed by atoms with van der Waals surface area (Å²) in [6, 6.07) is 89.3. The zero-order chi connectivity index (χ0) is 101. The second kappa shape index (κ2) is 37.7. The van der Waals surface area contributed by atoms with Crippen molar-refractivity contribution in [2.24, 2.45) is 10.8 Å². The molecule has 0 amide bonds. The van der Waals surface area contributed by atoms with Crippen LogP contribution in [0.2, 0.25) is 0 Å². The van der Waals surface area contributed by atoms with E-state index in [1.165, 1.54) is 78.2 Å². The van der Waals surface area contributed by atoms with Crippen LogP contribution in [0.4, 0.5) is 43.7 Å². The highest BCUT2D eigenvalue weighted by Crippen LogP contribution is 2.61. The molecule has 724 valence electrons. The number of thioether (sulfide) groups is 4. The largest absolute Gasteiger partial charge is 0.438 e. The van der Waals surface area contributed by atoms with Crippen LogP contribution < -0.4 is 29.4 Å². The summed E-state index contributed by atoms with van der Waals surface area (Å²) in [5.41, 5.74) is 17.8. The lowest BCUT2D eigenvalue weighted by atomic mass is 9.86. The average molecular weight is 1990 g/mol. The maximum atomic E-state index is 14.0. The normalized spacial score (nSPS) is 17.0. The van der Waals surface area contributed by atoms with Gasteiger partial charge in [0.05, 0.1) is 34.5 Å². The summed E-state index contributed by atoms with van der Waals surface area (Å²) in [6.07, 6.45) is 15.1. The summed E-state index contributed by atoms with van der Waals surface area (Å²) in [7, 11) is 0. The molecular weight excluding hydrogens is 1890 g/mol. The van der Waals surface area contributed by atoms with Crippen molar-refractivity contribution in [3.05, 3.63) is 439 Å². The number of hydrogen-bond donors (Lipinski definition) is 0. The van der Waals surface area contributed by atoms with E-state index in [0.717, 1.165) is 152 Å². The number of allylic oxidation sites excluding steroid dienone is 6. The fraction of sp³-hybridized carbons (Fsp3) is 0.180. The lowest BCUT2D eigenvalue weighted by molar-refractivity contribution is 0.186. The maximum absolute atomic E-state index is 14.0. The molecule has 0 atom stereocenters. The highest BCUT2D eigenvalue weighted by atomic mass is 32.2. The van der Waals surface area contributed by atoms with Gasteiger partial charge in [-0.05, 0) is 218 Å². The van der Waals surface area contributed by atoms with Crippen LogP contribution in [0.3, 0.4) is 0 Å². The molecule has 0 unspecified atom stereocenters. The molecule has 0 bridgehead atoms. The maximum Gasteiger partial charge on any atom is 0.268 e. The Morgan fingerprint density at radius 3 is 0.897 bits per heavy atom. The molecule has 146 heavy (non-hydrogen) atoms. The Bertz CT molecular complexity index is 8230. The van der Waals surface area contributed by atoms with Crippen molar-refractivity contribution in [1.82, 2.24) is 49.8 Å². The standard InChI is InChI=1S/C48H48N4S2.C38H34N6O2.C36H24F2N6S2/c1-29-11-13-35-27-49-41(25-37(35)23-29)51-31(3)43(33-15-19-39(20-16-33)47(5,6)7)53-45(51)46-52(42-26-38-24-30(2)12-14-36(38)28-50-42)32(4)44(54-46)34-17-21-40(22-18-34)48(8,9)10;1-37(2,3)27-21-43(29-17-15-25-13-11-23-9-7-19-39-31(23)33(25)41-29)35(45-27)36-44(22-28(46-36)38(4,5)6)30-18-16-26-14-12-24-10-8-20-40-32(24)34(26)42-30;1-21-31(23-7-13-27(37)14-8-23)45-35(43(21)29-17-11-25-5-3-19-39-33(25)41-29)36-44(30-18-12-26-6-4-20-40-34(26)42-30)22(2)32(46-36)24-9-15-28(38)16-10-24/h11-28H,1-10H3;7-22H,1-6H3;3-20H,1-2H3/b46-45+;2*36-35+. The van der Waals surface area contributed by atoms with Gasteiger partial charge in [-0.15, -0.1) is 0 Å². The number of ether oxygens (including phenoxy) is 2. The number of hydrogen-bond acceptors (Lipinski definition) is 22. The molecule has 0 saturated heterocycles. The Hall–Kier alpha value is -15.3. The van der Waals surface area contributed by atoms with Gasteiger partial charge in [-0.1, -0.05) is 287 Å². The van der Waals surface area contributed by atoms with E-state index in [0.29, 0.717) is 46.3 Å². The first-order valence-electron chi connectivity index (χ1n) is 48.7. The molecule has 24 heteroatoms.